The highest BCUT2D eigenvalue weighted by molar-refractivity contribution is 5.87. The van der Waals surface area contributed by atoms with Crippen molar-refractivity contribution in [3.63, 3.8) is 0 Å². The summed E-state index contributed by atoms with van der Waals surface area (Å²) in [5, 5.41) is 18.6. The number of hydrogen-bond donors (Lipinski definition) is 2. The van der Waals surface area contributed by atoms with Gasteiger partial charge >= 0.3 is 5.97 Å². The van der Waals surface area contributed by atoms with Crippen LogP contribution in [0, 0.1) is 0 Å². The molecule has 1 saturated heterocycles. The van der Waals surface area contributed by atoms with Crippen molar-refractivity contribution in [1.29, 1.82) is 0 Å². The molecule has 2 N–H and O–H groups in total. The Morgan fingerprint density at radius 3 is 2.80 bits per heavy atom. The molecule has 0 aromatic heterocycles. The van der Waals surface area contributed by atoms with E-state index in [0.717, 1.165) is 0 Å². The standard InChI is InChI=1S/C10H14O5/c1-10(2)14-7-4-5(9(12)13)3-6(11)8(7)15-10/h4,6-8,11H,3H2,1-2H3,(H,12,13)/t6-,7-,8+/m1/s1. The lowest BCUT2D eigenvalue weighted by Gasteiger charge is -2.25. The van der Waals surface area contributed by atoms with Crippen LogP contribution in [-0.2, 0) is 14.3 Å². The van der Waals surface area contributed by atoms with Gasteiger partial charge in [-0.25, -0.2) is 4.79 Å². The molecule has 3 atom stereocenters. The first-order valence-corrected chi connectivity index (χ1v) is 4.87. The van der Waals surface area contributed by atoms with Crippen molar-refractivity contribution < 1.29 is 24.5 Å². The number of aliphatic hydroxyl groups excluding tert-OH is 1. The minimum Gasteiger partial charge on any atom is -0.478 e. The molecule has 1 fully saturated rings. The Bertz CT molecular complexity index is 320. The van der Waals surface area contributed by atoms with Gasteiger partial charge in [0.25, 0.3) is 0 Å². The average Bonchev–Trinajstić information content (AvgIpc) is 2.39. The molecule has 84 valence electrons. The predicted octanol–water partition coefficient (Wildman–Crippen LogP) is 0.282. The zero-order chi connectivity index (χ0) is 11.2. The van der Waals surface area contributed by atoms with E-state index in [9.17, 15) is 9.90 Å². The van der Waals surface area contributed by atoms with Crippen LogP contribution in [0.2, 0.25) is 0 Å². The number of aliphatic hydroxyl groups is 1. The summed E-state index contributed by atoms with van der Waals surface area (Å²) in [7, 11) is 0. The third-order valence-corrected chi connectivity index (χ3v) is 2.61. The topological polar surface area (TPSA) is 76.0 Å². The summed E-state index contributed by atoms with van der Waals surface area (Å²) in [6.07, 6.45) is -0.101. The molecule has 0 radical (unpaired) electrons. The van der Waals surface area contributed by atoms with Crippen molar-refractivity contribution in [3.05, 3.63) is 11.6 Å². The maximum atomic E-state index is 10.8. The molecule has 0 amide bonds. The molecular weight excluding hydrogens is 200 g/mol. The van der Waals surface area contributed by atoms with Gasteiger partial charge in [-0.1, -0.05) is 0 Å². The minimum absolute atomic E-state index is 0.107. The molecule has 5 heteroatoms. The van der Waals surface area contributed by atoms with Gasteiger partial charge in [-0.2, -0.15) is 0 Å². The van der Waals surface area contributed by atoms with Crippen molar-refractivity contribution >= 4 is 5.97 Å². The van der Waals surface area contributed by atoms with E-state index in [4.69, 9.17) is 14.6 Å². The maximum Gasteiger partial charge on any atom is 0.331 e. The van der Waals surface area contributed by atoms with Crippen LogP contribution in [0.4, 0.5) is 0 Å². The molecule has 5 nitrogen and oxygen atoms in total. The minimum atomic E-state index is -1.01. The molecule has 0 bridgehead atoms. The first kappa shape index (κ1) is 10.6. The van der Waals surface area contributed by atoms with Crippen LogP contribution in [0.3, 0.4) is 0 Å². The van der Waals surface area contributed by atoms with Crippen molar-refractivity contribution in [2.45, 2.75) is 44.4 Å². The predicted molar refractivity (Wildman–Crippen MR) is 50.2 cm³/mol. The molecule has 1 aliphatic carbocycles. The molecule has 1 aliphatic heterocycles. The number of carboxylic acids is 1. The lowest BCUT2D eigenvalue weighted by molar-refractivity contribution is -0.152. The summed E-state index contributed by atoms with van der Waals surface area (Å²) in [4.78, 5) is 10.8. The SMILES string of the molecule is CC1(C)O[C@H]2[C@H](O)CC(C(=O)O)=C[C@H]2O1. The number of fused-ring (bicyclic) bond motifs is 1. The Kier molecular flexibility index (Phi) is 2.33. The molecule has 2 aliphatic rings. The largest absolute Gasteiger partial charge is 0.478 e. The Morgan fingerprint density at radius 1 is 1.53 bits per heavy atom. The Hall–Kier alpha value is -0.910. The van der Waals surface area contributed by atoms with E-state index in [-0.39, 0.29) is 12.0 Å². The van der Waals surface area contributed by atoms with E-state index in [1.807, 2.05) is 0 Å². The second-order valence-corrected chi connectivity index (χ2v) is 4.33. The van der Waals surface area contributed by atoms with E-state index in [0.29, 0.717) is 0 Å². The van der Waals surface area contributed by atoms with Crippen molar-refractivity contribution in [2.75, 3.05) is 0 Å². The fraction of sp³-hybridized carbons (Fsp3) is 0.700. The van der Waals surface area contributed by atoms with Gasteiger partial charge in [0.05, 0.1) is 6.10 Å². The first-order chi connectivity index (χ1) is 6.89. The van der Waals surface area contributed by atoms with Gasteiger partial charge in [0.2, 0.25) is 0 Å². The Balaban J connectivity index is 2.24. The number of carbonyl (C=O) groups is 1. The summed E-state index contributed by atoms with van der Waals surface area (Å²) >= 11 is 0. The Morgan fingerprint density at radius 2 is 2.20 bits per heavy atom. The molecule has 1 heterocycles. The van der Waals surface area contributed by atoms with Crippen molar-refractivity contribution in [2.24, 2.45) is 0 Å². The number of rotatable bonds is 1. The summed E-state index contributed by atoms with van der Waals surface area (Å²) < 4.78 is 11.0. The summed E-state index contributed by atoms with van der Waals surface area (Å²) in [6.45, 7) is 3.48. The lowest BCUT2D eigenvalue weighted by Crippen LogP contribution is -2.39. The third-order valence-electron chi connectivity index (χ3n) is 2.61. The monoisotopic (exact) mass is 214 g/mol. The zero-order valence-corrected chi connectivity index (χ0v) is 8.64. The van der Waals surface area contributed by atoms with Crippen LogP contribution in [0.25, 0.3) is 0 Å². The summed E-state index contributed by atoms with van der Waals surface area (Å²) in [5.41, 5.74) is 0.185. The van der Waals surface area contributed by atoms with E-state index in [2.05, 4.69) is 0 Å². The van der Waals surface area contributed by atoms with Crippen LogP contribution in [-0.4, -0.2) is 40.3 Å². The lowest BCUT2D eigenvalue weighted by atomic mass is 9.92. The van der Waals surface area contributed by atoms with Gasteiger partial charge in [0.15, 0.2) is 5.79 Å². The van der Waals surface area contributed by atoms with Crippen molar-refractivity contribution in [1.82, 2.24) is 0 Å². The second kappa shape index (κ2) is 3.30. The van der Waals surface area contributed by atoms with Crippen LogP contribution in [0.5, 0.6) is 0 Å². The van der Waals surface area contributed by atoms with E-state index < -0.39 is 30.1 Å². The van der Waals surface area contributed by atoms with Gasteiger partial charge in [-0.3, -0.25) is 0 Å². The van der Waals surface area contributed by atoms with Gasteiger partial charge in [-0.05, 0) is 19.9 Å². The van der Waals surface area contributed by atoms with Crippen LogP contribution >= 0.6 is 0 Å². The highest BCUT2D eigenvalue weighted by atomic mass is 16.8. The fourth-order valence-corrected chi connectivity index (χ4v) is 2.01. The van der Waals surface area contributed by atoms with E-state index >= 15 is 0 Å². The average molecular weight is 214 g/mol. The molecule has 0 saturated carbocycles. The number of ether oxygens (including phenoxy) is 2. The van der Waals surface area contributed by atoms with E-state index in [1.165, 1.54) is 6.08 Å². The first-order valence-electron chi connectivity index (χ1n) is 4.87. The molecule has 0 spiro atoms. The van der Waals surface area contributed by atoms with Gasteiger partial charge in [0, 0.05) is 12.0 Å². The number of carboxylic acid groups (broad SMARTS) is 1. The number of hydrogen-bond acceptors (Lipinski definition) is 4. The normalized spacial score (nSPS) is 38.3. The molecule has 0 aromatic rings. The van der Waals surface area contributed by atoms with Crippen molar-refractivity contribution in [3.8, 4) is 0 Å². The summed E-state index contributed by atoms with van der Waals surface area (Å²) in [5.74, 6) is -1.78. The second-order valence-electron chi connectivity index (χ2n) is 4.33. The smallest absolute Gasteiger partial charge is 0.331 e. The number of aliphatic carboxylic acids is 1. The quantitative estimate of drug-likeness (QED) is 0.655. The molecule has 2 rings (SSSR count). The van der Waals surface area contributed by atoms with Crippen LogP contribution in [0.15, 0.2) is 11.6 Å². The van der Waals surface area contributed by atoms with Gasteiger partial charge in [0.1, 0.15) is 12.2 Å². The van der Waals surface area contributed by atoms with Crippen LogP contribution in [0.1, 0.15) is 20.3 Å². The molecule has 15 heavy (non-hydrogen) atoms. The highest BCUT2D eigenvalue weighted by Gasteiger charge is 2.46. The molecule has 0 unspecified atom stereocenters. The third kappa shape index (κ3) is 1.90. The highest BCUT2D eigenvalue weighted by Crippen LogP contribution is 2.35. The summed E-state index contributed by atoms with van der Waals surface area (Å²) in [6, 6.07) is 0. The molecular formula is C10H14O5. The fourth-order valence-electron chi connectivity index (χ4n) is 2.01. The van der Waals surface area contributed by atoms with E-state index in [1.54, 1.807) is 13.8 Å². The van der Waals surface area contributed by atoms with Crippen LogP contribution < -0.4 is 0 Å². The van der Waals surface area contributed by atoms with Gasteiger partial charge in [-0.15, -0.1) is 0 Å². The maximum absolute atomic E-state index is 10.8. The molecule has 0 aromatic carbocycles. The zero-order valence-electron chi connectivity index (χ0n) is 8.64. The van der Waals surface area contributed by atoms with Gasteiger partial charge < -0.3 is 19.7 Å². The Labute approximate surface area is 87.3 Å².